The Morgan fingerprint density at radius 2 is 1.82 bits per heavy atom. The van der Waals surface area contributed by atoms with Crippen molar-refractivity contribution in [1.29, 1.82) is 0 Å². The topological polar surface area (TPSA) is 59.3 Å². The predicted octanol–water partition coefficient (Wildman–Crippen LogP) is 3.44. The van der Waals surface area contributed by atoms with Gasteiger partial charge in [-0.1, -0.05) is 33.6 Å². The van der Waals surface area contributed by atoms with Crippen molar-refractivity contribution in [3.8, 4) is 0 Å². The maximum absolute atomic E-state index is 12.8. The maximum Gasteiger partial charge on any atom is 0.268 e. The van der Waals surface area contributed by atoms with Crippen LogP contribution in [0, 0.1) is 6.92 Å². The van der Waals surface area contributed by atoms with E-state index in [1.807, 2.05) is 6.92 Å². The lowest BCUT2D eigenvalue weighted by Crippen LogP contribution is -2.11. The highest BCUT2D eigenvalue weighted by molar-refractivity contribution is 9.10. The highest BCUT2D eigenvalue weighted by Crippen LogP contribution is 2.29. The number of fused-ring (bicyclic) bond motifs is 1. The third-order valence-corrected chi connectivity index (χ3v) is 5.90. The predicted molar refractivity (Wildman–Crippen MR) is 89.3 cm³/mol. The van der Waals surface area contributed by atoms with Gasteiger partial charge in [-0.25, -0.2) is 12.4 Å². The normalized spacial score (nSPS) is 12.0. The van der Waals surface area contributed by atoms with Crippen LogP contribution < -0.4 is 0 Å². The molecule has 0 atom stereocenters. The molecular weight excluding hydrogens is 366 g/mol. The molecule has 1 aromatic heterocycles. The molecule has 0 fully saturated rings. The number of rotatable bonds is 3. The summed E-state index contributed by atoms with van der Waals surface area (Å²) < 4.78 is 27.6. The summed E-state index contributed by atoms with van der Waals surface area (Å²) in [5, 5.41) is 10.1. The standard InChI is InChI=1S/C16H14BrNO3S/c1-11-2-4-13(5-3-11)22(20,21)18-7-6-14-15(17)8-12(10-19)9-16(14)18/h2-9,19H,10H2,1H3. The fourth-order valence-corrected chi connectivity index (χ4v) is 4.32. The minimum absolute atomic E-state index is 0.149. The van der Waals surface area contributed by atoms with Crippen LogP contribution in [0.15, 0.2) is 58.0 Å². The van der Waals surface area contributed by atoms with Crippen LogP contribution in [0.5, 0.6) is 0 Å². The van der Waals surface area contributed by atoms with E-state index in [1.165, 1.54) is 10.2 Å². The van der Waals surface area contributed by atoms with Crippen LogP contribution in [-0.2, 0) is 16.6 Å². The van der Waals surface area contributed by atoms with Crippen molar-refractivity contribution in [2.24, 2.45) is 0 Å². The van der Waals surface area contributed by atoms with Crippen molar-refractivity contribution in [3.05, 3.63) is 64.3 Å². The summed E-state index contributed by atoms with van der Waals surface area (Å²) in [7, 11) is -3.67. The number of aryl methyl sites for hydroxylation is 1. The lowest BCUT2D eigenvalue weighted by molar-refractivity contribution is 0.282. The monoisotopic (exact) mass is 379 g/mol. The molecule has 22 heavy (non-hydrogen) atoms. The largest absolute Gasteiger partial charge is 0.392 e. The third-order valence-electron chi connectivity index (χ3n) is 3.54. The average molecular weight is 380 g/mol. The number of aliphatic hydroxyl groups excluding tert-OH is 1. The molecule has 0 unspecified atom stereocenters. The minimum atomic E-state index is -3.67. The first-order chi connectivity index (χ1) is 10.4. The fraction of sp³-hybridized carbons (Fsp3) is 0.125. The van der Waals surface area contributed by atoms with E-state index in [0.29, 0.717) is 11.1 Å². The van der Waals surface area contributed by atoms with Crippen molar-refractivity contribution in [3.63, 3.8) is 0 Å². The van der Waals surface area contributed by atoms with E-state index >= 15 is 0 Å². The number of halogens is 1. The number of benzene rings is 2. The summed E-state index contributed by atoms with van der Waals surface area (Å²) in [6.07, 6.45) is 1.53. The van der Waals surface area contributed by atoms with Gasteiger partial charge in [0, 0.05) is 16.1 Å². The first-order valence-corrected chi connectivity index (χ1v) is 8.89. The quantitative estimate of drug-likeness (QED) is 0.757. The van der Waals surface area contributed by atoms with Crippen molar-refractivity contribution in [1.82, 2.24) is 3.97 Å². The van der Waals surface area contributed by atoms with E-state index in [-0.39, 0.29) is 11.5 Å². The van der Waals surface area contributed by atoms with Crippen LogP contribution in [0.3, 0.4) is 0 Å². The Labute approximate surface area is 137 Å². The highest BCUT2D eigenvalue weighted by Gasteiger charge is 2.19. The third kappa shape index (κ3) is 2.47. The van der Waals surface area contributed by atoms with Crippen LogP contribution in [0.4, 0.5) is 0 Å². The Bertz CT molecular complexity index is 943. The number of aromatic nitrogens is 1. The van der Waals surface area contributed by atoms with Crippen LogP contribution in [0.1, 0.15) is 11.1 Å². The summed E-state index contributed by atoms with van der Waals surface area (Å²) in [5.74, 6) is 0. The molecule has 3 rings (SSSR count). The zero-order valence-electron chi connectivity index (χ0n) is 11.8. The molecule has 0 aliphatic heterocycles. The highest BCUT2D eigenvalue weighted by atomic mass is 79.9. The smallest absolute Gasteiger partial charge is 0.268 e. The van der Waals surface area contributed by atoms with Crippen molar-refractivity contribution < 1.29 is 13.5 Å². The molecule has 1 heterocycles. The number of aliphatic hydroxyl groups is 1. The molecule has 0 bridgehead atoms. The molecule has 0 amide bonds. The Morgan fingerprint density at radius 1 is 1.14 bits per heavy atom. The van der Waals surface area contributed by atoms with E-state index in [0.717, 1.165) is 15.4 Å². The molecule has 0 aliphatic rings. The van der Waals surface area contributed by atoms with Gasteiger partial charge in [-0.2, -0.15) is 0 Å². The minimum Gasteiger partial charge on any atom is -0.392 e. The number of hydrogen-bond donors (Lipinski definition) is 1. The van der Waals surface area contributed by atoms with Gasteiger partial charge in [0.05, 0.1) is 17.0 Å². The van der Waals surface area contributed by atoms with Gasteiger partial charge in [-0.3, -0.25) is 0 Å². The molecular formula is C16H14BrNO3S. The summed E-state index contributed by atoms with van der Waals surface area (Å²) >= 11 is 3.42. The summed E-state index contributed by atoms with van der Waals surface area (Å²) in [4.78, 5) is 0.237. The van der Waals surface area contributed by atoms with Gasteiger partial charge in [-0.15, -0.1) is 0 Å². The molecule has 1 N–H and O–H groups in total. The summed E-state index contributed by atoms with van der Waals surface area (Å²) in [5.41, 5.74) is 2.19. The zero-order chi connectivity index (χ0) is 15.9. The van der Waals surface area contributed by atoms with Crippen molar-refractivity contribution in [2.75, 3.05) is 0 Å². The second-order valence-corrected chi connectivity index (χ2v) is 7.77. The molecule has 0 radical (unpaired) electrons. The van der Waals surface area contributed by atoms with Crippen molar-refractivity contribution >= 4 is 36.9 Å². The van der Waals surface area contributed by atoms with Crippen LogP contribution in [0.2, 0.25) is 0 Å². The molecule has 114 valence electrons. The Hall–Kier alpha value is -1.63. The molecule has 0 saturated heterocycles. The van der Waals surface area contributed by atoms with Gasteiger partial charge in [0.1, 0.15) is 0 Å². The summed E-state index contributed by atoms with van der Waals surface area (Å²) in [6.45, 7) is 1.76. The van der Waals surface area contributed by atoms with Gasteiger partial charge in [0.2, 0.25) is 0 Å². The molecule has 0 aliphatic carbocycles. The molecule has 0 spiro atoms. The zero-order valence-corrected chi connectivity index (χ0v) is 14.2. The maximum atomic E-state index is 12.8. The molecule has 0 saturated carbocycles. The van der Waals surface area contributed by atoms with Gasteiger partial charge < -0.3 is 5.11 Å². The molecule has 6 heteroatoms. The van der Waals surface area contributed by atoms with Gasteiger partial charge in [-0.05, 0) is 42.8 Å². The lowest BCUT2D eigenvalue weighted by atomic mass is 10.2. The van der Waals surface area contributed by atoms with E-state index in [9.17, 15) is 13.5 Å². The number of nitrogens with zero attached hydrogens (tertiary/aromatic N) is 1. The van der Waals surface area contributed by atoms with Crippen molar-refractivity contribution in [2.45, 2.75) is 18.4 Å². The van der Waals surface area contributed by atoms with E-state index in [1.54, 1.807) is 42.5 Å². The van der Waals surface area contributed by atoms with E-state index in [4.69, 9.17) is 0 Å². The molecule has 4 nitrogen and oxygen atoms in total. The van der Waals surface area contributed by atoms with Gasteiger partial charge >= 0.3 is 0 Å². The second-order valence-electron chi connectivity index (χ2n) is 5.10. The second kappa shape index (κ2) is 5.53. The first kappa shape index (κ1) is 15.3. The summed E-state index contributed by atoms with van der Waals surface area (Å²) in [6, 6.07) is 12.0. The van der Waals surface area contributed by atoms with Gasteiger partial charge in [0.25, 0.3) is 10.0 Å². The Morgan fingerprint density at radius 3 is 2.45 bits per heavy atom. The lowest BCUT2D eigenvalue weighted by Gasteiger charge is -2.09. The fourth-order valence-electron chi connectivity index (χ4n) is 2.35. The average Bonchev–Trinajstić information content (AvgIpc) is 2.92. The van der Waals surface area contributed by atoms with E-state index < -0.39 is 10.0 Å². The van der Waals surface area contributed by atoms with Crippen LogP contribution in [0.25, 0.3) is 10.9 Å². The van der Waals surface area contributed by atoms with Crippen LogP contribution >= 0.6 is 15.9 Å². The SMILES string of the molecule is Cc1ccc(S(=O)(=O)n2ccc3c(Br)cc(CO)cc32)cc1. The Kier molecular flexibility index (Phi) is 3.84. The van der Waals surface area contributed by atoms with Gasteiger partial charge in [0.15, 0.2) is 0 Å². The number of hydrogen-bond acceptors (Lipinski definition) is 3. The van der Waals surface area contributed by atoms with E-state index in [2.05, 4.69) is 15.9 Å². The molecule has 3 aromatic rings. The Balaban J connectivity index is 2.25. The molecule has 2 aromatic carbocycles. The first-order valence-electron chi connectivity index (χ1n) is 6.66. The van der Waals surface area contributed by atoms with Crippen LogP contribution in [-0.4, -0.2) is 17.5 Å².